The maximum absolute atomic E-state index is 13.6. The van der Waals surface area contributed by atoms with E-state index in [0.717, 1.165) is 36.1 Å². The van der Waals surface area contributed by atoms with Gasteiger partial charge in [0.05, 0.1) is 18.4 Å². The summed E-state index contributed by atoms with van der Waals surface area (Å²) in [4.78, 5) is 39.0. The summed E-state index contributed by atoms with van der Waals surface area (Å²) in [5, 5.41) is 7.14. The van der Waals surface area contributed by atoms with Crippen molar-refractivity contribution in [2.45, 2.75) is 45.6 Å². The van der Waals surface area contributed by atoms with Gasteiger partial charge in [0, 0.05) is 16.0 Å². The van der Waals surface area contributed by atoms with Crippen molar-refractivity contribution in [3.63, 3.8) is 0 Å². The monoisotopic (exact) mass is 537 g/mol. The molecule has 198 valence electrons. The van der Waals surface area contributed by atoms with Crippen LogP contribution in [0.1, 0.15) is 63.4 Å². The van der Waals surface area contributed by atoms with Gasteiger partial charge in [0.1, 0.15) is 16.6 Å². The number of hydrazone groups is 1. The topological polar surface area (TPSA) is 106 Å². The number of ether oxygens (including phenoxy) is 2. The number of halogens is 1. The molecule has 2 aromatic carbocycles. The van der Waals surface area contributed by atoms with Crippen LogP contribution in [0.15, 0.2) is 53.6 Å². The number of thiophene rings is 1. The number of esters is 1. The SMILES string of the molecule is CCOC(=O)c1c(NC(=O)c2ccc(O[C@H](C)C(=O)N/N=C\c3ccccc3F)cc2)sc2c1CCCC2. The number of hydrogen-bond acceptors (Lipinski definition) is 7. The fourth-order valence-corrected chi connectivity index (χ4v) is 5.30. The van der Waals surface area contributed by atoms with E-state index in [-0.39, 0.29) is 18.1 Å². The van der Waals surface area contributed by atoms with Crippen LogP contribution in [0.5, 0.6) is 5.75 Å². The molecular weight excluding hydrogens is 509 g/mol. The maximum atomic E-state index is 13.6. The van der Waals surface area contributed by atoms with Crippen molar-refractivity contribution in [1.82, 2.24) is 5.43 Å². The van der Waals surface area contributed by atoms with Gasteiger partial charge in [0.25, 0.3) is 11.8 Å². The first-order valence-corrected chi connectivity index (χ1v) is 13.2. The van der Waals surface area contributed by atoms with Gasteiger partial charge >= 0.3 is 5.97 Å². The Balaban J connectivity index is 1.37. The molecule has 10 heteroatoms. The van der Waals surface area contributed by atoms with Gasteiger partial charge in [-0.2, -0.15) is 5.10 Å². The summed E-state index contributed by atoms with van der Waals surface area (Å²) in [7, 11) is 0. The van der Waals surface area contributed by atoms with Gasteiger partial charge in [-0.25, -0.2) is 14.6 Å². The highest BCUT2D eigenvalue weighted by Crippen LogP contribution is 2.38. The standard InChI is InChI=1S/C28H28FN3O5S/c1-3-36-28(35)24-21-9-5-7-11-23(21)38-27(24)31-26(34)18-12-14-20(15-13-18)37-17(2)25(33)32-30-16-19-8-4-6-10-22(19)29/h4,6,8,10,12-17H,3,5,7,9,11H2,1-2H3,(H,31,34)(H,32,33)/b30-16-/t17-/m1/s1. The third-order valence-corrected chi connectivity index (χ3v) is 7.17. The predicted octanol–water partition coefficient (Wildman–Crippen LogP) is 5.11. The number of carbonyl (C=O) groups is 3. The number of nitrogens with one attached hydrogen (secondary N) is 2. The fourth-order valence-electron chi connectivity index (χ4n) is 4.03. The Morgan fingerprint density at radius 1 is 1.11 bits per heavy atom. The zero-order valence-corrected chi connectivity index (χ0v) is 21.9. The quantitative estimate of drug-likeness (QED) is 0.224. The molecule has 2 amide bonds. The van der Waals surface area contributed by atoms with Crippen LogP contribution in [0.25, 0.3) is 0 Å². The van der Waals surface area contributed by atoms with Gasteiger partial charge in [0.15, 0.2) is 6.10 Å². The third-order valence-electron chi connectivity index (χ3n) is 5.96. The Labute approximate surface area is 223 Å². The smallest absolute Gasteiger partial charge is 0.341 e. The molecule has 0 unspecified atom stereocenters. The normalized spacial score (nSPS) is 13.4. The Morgan fingerprint density at radius 3 is 2.58 bits per heavy atom. The van der Waals surface area contributed by atoms with Crippen LogP contribution in [-0.2, 0) is 22.4 Å². The third kappa shape index (κ3) is 6.44. The van der Waals surface area contributed by atoms with Crippen molar-refractivity contribution in [3.8, 4) is 5.75 Å². The van der Waals surface area contributed by atoms with Gasteiger partial charge in [-0.3, -0.25) is 9.59 Å². The van der Waals surface area contributed by atoms with E-state index >= 15 is 0 Å². The Hall–Kier alpha value is -4.05. The summed E-state index contributed by atoms with van der Waals surface area (Å²) >= 11 is 1.43. The highest BCUT2D eigenvalue weighted by atomic mass is 32.1. The zero-order chi connectivity index (χ0) is 27.1. The van der Waals surface area contributed by atoms with Crippen LogP contribution in [0.2, 0.25) is 0 Å². The van der Waals surface area contributed by atoms with Crippen molar-refractivity contribution in [2.75, 3.05) is 11.9 Å². The second kappa shape index (κ2) is 12.5. The lowest BCUT2D eigenvalue weighted by molar-refractivity contribution is -0.127. The number of amides is 2. The molecule has 4 rings (SSSR count). The van der Waals surface area contributed by atoms with E-state index in [1.165, 1.54) is 29.7 Å². The molecule has 0 radical (unpaired) electrons. The van der Waals surface area contributed by atoms with Crippen molar-refractivity contribution in [3.05, 3.63) is 81.5 Å². The van der Waals surface area contributed by atoms with Crippen molar-refractivity contribution in [1.29, 1.82) is 0 Å². The Morgan fingerprint density at radius 2 is 1.84 bits per heavy atom. The summed E-state index contributed by atoms with van der Waals surface area (Å²) in [5.41, 5.74) is 4.36. The number of carbonyl (C=O) groups excluding carboxylic acids is 3. The van der Waals surface area contributed by atoms with Crippen molar-refractivity contribution < 1.29 is 28.2 Å². The summed E-state index contributed by atoms with van der Waals surface area (Å²) < 4.78 is 24.5. The molecule has 0 aliphatic heterocycles. The molecular formula is C28H28FN3O5S. The molecule has 0 saturated heterocycles. The van der Waals surface area contributed by atoms with E-state index in [2.05, 4.69) is 15.8 Å². The predicted molar refractivity (Wildman–Crippen MR) is 144 cm³/mol. The summed E-state index contributed by atoms with van der Waals surface area (Å²) in [6.45, 7) is 3.55. The van der Waals surface area contributed by atoms with Crippen LogP contribution in [0.3, 0.4) is 0 Å². The minimum atomic E-state index is -0.892. The van der Waals surface area contributed by atoms with Gasteiger partial charge in [-0.15, -0.1) is 11.3 Å². The number of rotatable bonds is 9. The molecule has 1 atom stereocenters. The van der Waals surface area contributed by atoms with Crippen LogP contribution in [0, 0.1) is 5.82 Å². The minimum absolute atomic E-state index is 0.243. The number of aryl methyl sites for hydroxylation is 1. The van der Waals surface area contributed by atoms with E-state index in [0.29, 0.717) is 21.9 Å². The molecule has 0 bridgehead atoms. The summed E-state index contributed by atoms with van der Waals surface area (Å²) in [6.07, 6.45) is 4.05. The second-order valence-electron chi connectivity index (χ2n) is 8.63. The molecule has 0 saturated carbocycles. The van der Waals surface area contributed by atoms with Crippen LogP contribution in [-0.4, -0.2) is 36.7 Å². The lowest BCUT2D eigenvalue weighted by Crippen LogP contribution is -2.33. The number of nitrogens with zero attached hydrogens (tertiary/aromatic N) is 1. The molecule has 38 heavy (non-hydrogen) atoms. The first-order valence-electron chi connectivity index (χ1n) is 12.3. The molecule has 0 fully saturated rings. The maximum Gasteiger partial charge on any atom is 0.341 e. The van der Waals surface area contributed by atoms with Gasteiger partial charge in [0.2, 0.25) is 0 Å². The first-order chi connectivity index (χ1) is 18.4. The van der Waals surface area contributed by atoms with Crippen LogP contribution < -0.4 is 15.5 Å². The largest absolute Gasteiger partial charge is 0.481 e. The van der Waals surface area contributed by atoms with E-state index < -0.39 is 23.8 Å². The summed E-state index contributed by atoms with van der Waals surface area (Å²) in [5.74, 6) is -1.38. The minimum Gasteiger partial charge on any atom is -0.481 e. The Kier molecular flexibility index (Phi) is 8.85. The average molecular weight is 538 g/mol. The van der Waals surface area contributed by atoms with Crippen molar-refractivity contribution >= 4 is 40.3 Å². The molecule has 1 heterocycles. The number of fused-ring (bicyclic) bond motifs is 1. The number of hydrogen-bond donors (Lipinski definition) is 2. The van der Waals surface area contributed by atoms with Gasteiger partial charge in [-0.1, -0.05) is 18.2 Å². The van der Waals surface area contributed by atoms with E-state index in [1.807, 2.05) is 0 Å². The van der Waals surface area contributed by atoms with E-state index in [4.69, 9.17) is 9.47 Å². The molecule has 2 N–H and O–H groups in total. The number of benzene rings is 2. The molecule has 8 nitrogen and oxygen atoms in total. The first kappa shape index (κ1) is 27.0. The average Bonchev–Trinajstić information content (AvgIpc) is 3.28. The zero-order valence-electron chi connectivity index (χ0n) is 21.1. The lowest BCUT2D eigenvalue weighted by Gasteiger charge is -2.13. The molecule has 1 aliphatic carbocycles. The van der Waals surface area contributed by atoms with Crippen molar-refractivity contribution in [2.24, 2.45) is 5.10 Å². The van der Waals surface area contributed by atoms with Crippen LogP contribution >= 0.6 is 11.3 Å². The number of anilines is 1. The van der Waals surface area contributed by atoms with Gasteiger partial charge < -0.3 is 14.8 Å². The Bertz CT molecular complexity index is 1350. The van der Waals surface area contributed by atoms with E-state index in [9.17, 15) is 18.8 Å². The molecule has 0 spiro atoms. The highest BCUT2D eigenvalue weighted by Gasteiger charge is 2.27. The second-order valence-corrected chi connectivity index (χ2v) is 9.74. The van der Waals surface area contributed by atoms with E-state index in [1.54, 1.807) is 50.2 Å². The molecule has 1 aliphatic rings. The van der Waals surface area contributed by atoms with Gasteiger partial charge in [-0.05, 0) is 75.4 Å². The fraction of sp³-hybridized carbons (Fsp3) is 0.286. The molecule has 3 aromatic rings. The highest BCUT2D eigenvalue weighted by molar-refractivity contribution is 7.17. The summed E-state index contributed by atoms with van der Waals surface area (Å²) in [6, 6.07) is 12.4. The lowest BCUT2D eigenvalue weighted by atomic mass is 9.95. The van der Waals surface area contributed by atoms with Crippen LogP contribution in [0.4, 0.5) is 9.39 Å². The molecule has 1 aromatic heterocycles.